The molecule has 2 aromatic carbocycles. The molecule has 2 amide bonds. The van der Waals surface area contributed by atoms with Crippen molar-refractivity contribution in [3.05, 3.63) is 70.5 Å². The third kappa shape index (κ3) is 4.46. The Balaban J connectivity index is 1.60. The van der Waals surface area contributed by atoms with Gasteiger partial charge in [-0.2, -0.15) is 0 Å². The first-order valence-corrected chi connectivity index (χ1v) is 9.03. The molecule has 0 radical (unpaired) electrons. The molecule has 144 valence electrons. The summed E-state index contributed by atoms with van der Waals surface area (Å²) in [6.45, 7) is 7.72. The fraction of sp³-hybridized carbons (Fsp3) is 0.227. The van der Waals surface area contributed by atoms with Crippen molar-refractivity contribution < 1.29 is 14.1 Å². The highest BCUT2D eigenvalue weighted by atomic mass is 16.5. The van der Waals surface area contributed by atoms with E-state index in [4.69, 9.17) is 4.52 Å². The standard InChI is InChI=1S/C22H23N3O3/c1-13-5-7-17(8-6-13)18-11-19(28-25-18)22(27)23-12-20(26)24-21-15(3)9-14(2)10-16(21)4/h5-11H,12H2,1-4H3,(H,23,27)(H,24,26). The minimum atomic E-state index is -0.488. The number of amides is 2. The Morgan fingerprint density at radius 3 is 2.21 bits per heavy atom. The molecule has 1 heterocycles. The van der Waals surface area contributed by atoms with E-state index in [0.717, 1.165) is 33.5 Å². The third-order valence-corrected chi connectivity index (χ3v) is 4.43. The first-order chi connectivity index (χ1) is 13.3. The number of carbonyl (C=O) groups excluding carboxylic acids is 2. The van der Waals surface area contributed by atoms with E-state index in [1.807, 2.05) is 64.1 Å². The van der Waals surface area contributed by atoms with Crippen LogP contribution in [-0.2, 0) is 4.79 Å². The zero-order chi connectivity index (χ0) is 20.3. The summed E-state index contributed by atoms with van der Waals surface area (Å²) < 4.78 is 5.12. The average molecular weight is 377 g/mol. The van der Waals surface area contributed by atoms with Gasteiger partial charge in [-0.15, -0.1) is 0 Å². The molecule has 0 aliphatic carbocycles. The Kier molecular flexibility index (Phi) is 5.59. The van der Waals surface area contributed by atoms with Crippen LogP contribution < -0.4 is 10.6 Å². The summed E-state index contributed by atoms with van der Waals surface area (Å²) in [7, 11) is 0. The van der Waals surface area contributed by atoms with Crippen LogP contribution in [-0.4, -0.2) is 23.5 Å². The first-order valence-electron chi connectivity index (χ1n) is 9.03. The highest BCUT2D eigenvalue weighted by molar-refractivity contribution is 5.99. The first kappa shape index (κ1) is 19.4. The van der Waals surface area contributed by atoms with Gasteiger partial charge < -0.3 is 15.2 Å². The van der Waals surface area contributed by atoms with Gasteiger partial charge in [0, 0.05) is 17.3 Å². The van der Waals surface area contributed by atoms with Gasteiger partial charge in [0.2, 0.25) is 11.7 Å². The molecule has 0 aliphatic heterocycles. The molecule has 0 unspecified atom stereocenters. The lowest BCUT2D eigenvalue weighted by molar-refractivity contribution is -0.115. The molecule has 0 spiro atoms. The van der Waals surface area contributed by atoms with Gasteiger partial charge in [-0.25, -0.2) is 0 Å². The summed E-state index contributed by atoms with van der Waals surface area (Å²) >= 11 is 0. The summed E-state index contributed by atoms with van der Waals surface area (Å²) in [5, 5.41) is 9.33. The number of aryl methyl sites for hydroxylation is 4. The molecule has 3 aromatic rings. The molecule has 2 N–H and O–H groups in total. The van der Waals surface area contributed by atoms with Crippen LogP contribution in [0.4, 0.5) is 5.69 Å². The van der Waals surface area contributed by atoms with E-state index in [1.54, 1.807) is 6.07 Å². The van der Waals surface area contributed by atoms with Gasteiger partial charge in [-0.1, -0.05) is 52.7 Å². The molecule has 28 heavy (non-hydrogen) atoms. The van der Waals surface area contributed by atoms with Gasteiger partial charge in [0.25, 0.3) is 5.91 Å². The number of carbonyl (C=O) groups is 2. The molecule has 0 bridgehead atoms. The SMILES string of the molecule is Cc1ccc(-c2cc(C(=O)NCC(=O)Nc3c(C)cc(C)cc3C)on2)cc1. The summed E-state index contributed by atoms with van der Waals surface area (Å²) in [6, 6.07) is 13.3. The van der Waals surface area contributed by atoms with Crippen molar-refractivity contribution in [2.45, 2.75) is 27.7 Å². The molecular formula is C22H23N3O3. The van der Waals surface area contributed by atoms with Crippen molar-refractivity contribution >= 4 is 17.5 Å². The van der Waals surface area contributed by atoms with Gasteiger partial charge >= 0.3 is 0 Å². The van der Waals surface area contributed by atoms with Crippen LogP contribution in [0.3, 0.4) is 0 Å². The maximum Gasteiger partial charge on any atom is 0.290 e. The van der Waals surface area contributed by atoms with Crippen molar-refractivity contribution in [3.63, 3.8) is 0 Å². The number of hydrogen-bond donors (Lipinski definition) is 2. The van der Waals surface area contributed by atoms with Gasteiger partial charge in [-0.05, 0) is 38.8 Å². The quantitative estimate of drug-likeness (QED) is 0.705. The van der Waals surface area contributed by atoms with E-state index in [-0.39, 0.29) is 18.2 Å². The van der Waals surface area contributed by atoms with E-state index in [9.17, 15) is 9.59 Å². The summed E-state index contributed by atoms with van der Waals surface area (Å²) in [5.41, 5.74) is 6.43. The Labute approximate surface area is 163 Å². The molecule has 3 rings (SSSR count). The van der Waals surface area contributed by atoms with Crippen molar-refractivity contribution in [1.29, 1.82) is 0 Å². The number of hydrogen-bond acceptors (Lipinski definition) is 4. The summed E-state index contributed by atoms with van der Waals surface area (Å²) in [5.74, 6) is -0.730. The van der Waals surface area contributed by atoms with Crippen LogP contribution in [0.2, 0.25) is 0 Å². The number of aromatic nitrogens is 1. The van der Waals surface area contributed by atoms with Crippen LogP contribution in [0.15, 0.2) is 47.0 Å². The largest absolute Gasteiger partial charge is 0.350 e. The van der Waals surface area contributed by atoms with Crippen molar-refractivity contribution in [2.24, 2.45) is 0 Å². The monoisotopic (exact) mass is 377 g/mol. The van der Waals surface area contributed by atoms with Crippen LogP contribution in [0.25, 0.3) is 11.3 Å². The Morgan fingerprint density at radius 1 is 0.929 bits per heavy atom. The predicted octanol–water partition coefficient (Wildman–Crippen LogP) is 3.94. The second kappa shape index (κ2) is 8.08. The molecular weight excluding hydrogens is 354 g/mol. The Morgan fingerprint density at radius 2 is 1.57 bits per heavy atom. The minimum Gasteiger partial charge on any atom is -0.350 e. The molecule has 0 fully saturated rings. The van der Waals surface area contributed by atoms with Crippen LogP contribution in [0.1, 0.15) is 32.8 Å². The van der Waals surface area contributed by atoms with Crippen LogP contribution in [0.5, 0.6) is 0 Å². The molecule has 0 saturated carbocycles. The van der Waals surface area contributed by atoms with Gasteiger partial charge in [0.1, 0.15) is 5.69 Å². The lowest BCUT2D eigenvalue weighted by Gasteiger charge is -2.13. The molecule has 0 saturated heterocycles. The van der Waals surface area contributed by atoms with E-state index in [0.29, 0.717) is 5.69 Å². The normalized spacial score (nSPS) is 10.6. The number of benzene rings is 2. The molecule has 1 aromatic heterocycles. The number of rotatable bonds is 5. The van der Waals surface area contributed by atoms with Gasteiger partial charge in [0.15, 0.2) is 0 Å². The Hall–Kier alpha value is -3.41. The van der Waals surface area contributed by atoms with E-state index in [1.165, 1.54) is 0 Å². The highest BCUT2D eigenvalue weighted by Crippen LogP contribution is 2.22. The van der Waals surface area contributed by atoms with E-state index < -0.39 is 5.91 Å². The molecule has 0 aliphatic rings. The van der Waals surface area contributed by atoms with Gasteiger partial charge in [-0.3, -0.25) is 9.59 Å². The second-order valence-electron chi connectivity index (χ2n) is 6.95. The number of nitrogens with one attached hydrogen (secondary N) is 2. The zero-order valence-electron chi connectivity index (χ0n) is 16.4. The second-order valence-corrected chi connectivity index (χ2v) is 6.95. The van der Waals surface area contributed by atoms with Crippen LogP contribution in [0, 0.1) is 27.7 Å². The third-order valence-electron chi connectivity index (χ3n) is 4.43. The van der Waals surface area contributed by atoms with E-state index in [2.05, 4.69) is 15.8 Å². The number of nitrogens with zero attached hydrogens (tertiary/aromatic N) is 1. The lowest BCUT2D eigenvalue weighted by Crippen LogP contribution is -2.33. The molecule has 6 heteroatoms. The Bertz CT molecular complexity index is 997. The summed E-state index contributed by atoms with van der Waals surface area (Å²) in [4.78, 5) is 24.5. The fourth-order valence-electron chi connectivity index (χ4n) is 3.05. The molecule has 0 atom stereocenters. The van der Waals surface area contributed by atoms with E-state index >= 15 is 0 Å². The van der Waals surface area contributed by atoms with Crippen molar-refractivity contribution in [2.75, 3.05) is 11.9 Å². The van der Waals surface area contributed by atoms with Crippen LogP contribution >= 0.6 is 0 Å². The maximum absolute atomic E-state index is 12.3. The number of anilines is 1. The minimum absolute atomic E-state index is 0.0612. The lowest BCUT2D eigenvalue weighted by atomic mass is 10.1. The van der Waals surface area contributed by atoms with Gasteiger partial charge in [0.05, 0.1) is 6.54 Å². The average Bonchev–Trinajstić information content (AvgIpc) is 3.13. The smallest absolute Gasteiger partial charge is 0.290 e. The maximum atomic E-state index is 12.3. The predicted molar refractivity (Wildman–Crippen MR) is 108 cm³/mol. The van der Waals surface area contributed by atoms with Crippen molar-refractivity contribution in [1.82, 2.24) is 10.5 Å². The summed E-state index contributed by atoms with van der Waals surface area (Å²) in [6.07, 6.45) is 0. The fourth-order valence-corrected chi connectivity index (χ4v) is 3.05. The zero-order valence-corrected chi connectivity index (χ0v) is 16.4. The topological polar surface area (TPSA) is 84.2 Å². The molecule has 6 nitrogen and oxygen atoms in total. The highest BCUT2D eigenvalue weighted by Gasteiger charge is 2.16. The van der Waals surface area contributed by atoms with Crippen molar-refractivity contribution in [3.8, 4) is 11.3 Å².